The number of carbonyl (C=O) groups is 1. The Morgan fingerprint density at radius 2 is 1.79 bits per heavy atom. The highest BCUT2D eigenvalue weighted by Gasteiger charge is 2.31. The number of hydrogen-bond donors (Lipinski definition) is 1. The first-order chi connectivity index (χ1) is 14.3. The number of hydrogen-bond acceptors (Lipinski definition) is 5. The second kappa shape index (κ2) is 8.68. The van der Waals surface area contributed by atoms with Crippen molar-refractivity contribution in [2.24, 2.45) is 0 Å². The molecule has 0 unspecified atom stereocenters. The molecule has 1 N–H and O–H groups in total. The van der Waals surface area contributed by atoms with Crippen molar-refractivity contribution >= 4 is 17.6 Å². The Hall–Kier alpha value is -3.48. The van der Waals surface area contributed by atoms with Crippen LogP contribution < -0.4 is 10.2 Å². The molecule has 0 aliphatic carbocycles. The number of fused-ring (bicyclic) bond motifs is 1. The van der Waals surface area contributed by atoms with Gasteiger partial charge in [-0.15, -0.1) is 0 Å². The number of rotatable bonds is 7. The zero-order chi connectivity index (χ0) is 20.1. The third-order valence-corrected chi connectivity index (χ3v) is 4.95. The van der Waals surface area contributed by atoms with Crippen LogP contribution in [0.2, 0.25) is 0 Å². The molecule has 1 aliphatic rings. The topological polar surface area (TPSA) is 75.9 Å². The monoisotopic (exact) mass is 388 g/mol. The van der Waals surface area contributed by atoms with Gasteiger partial charge in [-0.05, 0) is 34.1 Å². The van der Waals surface area contributed by atoms with Crippen molar-refractivity contribution < 1.29 is 4.79 Å². The summed E-state index contributed by atoms with van der Waals surface area (Å²) in [6.07, 6.45) is 4.12. The maximum absolute atomic E-state index is 12.6. The minimum Gasteiger partial charge on any atom is -0.355 e. The predicted molar refractivity (Wildman–Crippen MR) is 112 cm³/mol. The first-order valence-electron chi connectivity index (χ1n) is 9.92. The highest BCUT2D eigenvalue weighted by molar-refractivity contribution is 5.89. The molecule has 0 spiro atoms. The lowest BCUT2D eigenvalue weighted by Crippen LogP contribution is -2.40. The number of amides is 1. The third kappa shape index (κ3) is 4.03. The van der Waals surface area contributed by atoms with Crippen LogP contribution in [0.15, 0.2) is 66.7 Å². The zero-order valence-corrected chi connectivity index (χ0v) is 16.4. The highest BCUT2D eigenvalue weighted by Crippen LogP contribution is 2.35. The molecule has 0 saturated heterocycles. The van der Waals surface area contributed by atoms with Gasteiger partial charge < -0.3 is 5.32 Å². The summed E-state index contributed by atoms with van der Waals surface area (Å²) < 4.78 is 1.76. The summed E-state index contributed by atoms with van der Waals surface area (Å²) in [5, 5.41) is 15.3. The minimum atomic E-state index is -0.143. The number of aromatic nitrogens is 4. The van der Waals surface area contributed by atoms with Crippen LogP contribution in [-0.2, 0) is 4.79 Å². The molecule has 2 aromatic carbocycles. The number of anilines is 1. The fourth-order valence-electron chi connectivity index (χ4n) is 3.47. The van der Waals surface area contributed by atoms with Crippen molar-refractivity contribution in [3.8, 4) is 0 Å². The molecule has 4 rings (SSSR count). The molecular formula is C22H24N6O. The van der Waals surface area contributed by atoms with Gasteiger partial charge in [-0.25, -0.2) is 0 Å². The summed E-state index contributed by atoms with van der Waals surface area (Å²) in [7, 11) is 0. The third-order valence-electron chi connectivity index (χ3n) is 4.95. The molecular weight excluding hydrogens is 364 g/mol. The quantitative estimate of drug-likeness (QED) is 0.630. The highest BCUT2D eigenvalue weighted by atomic mass is 16.2. The van der Waals surface area contributed by atoms with Crippen molar-refractivity contribution in [3.63, 3.8) is 0 Å². The molecule has 29 heavy (non-hydrogen) atoms. The predicted octanol–water partition coefficient (Wildman–Crippen LogP) is 3.04. The second-order valence-electron chi connectivity index (χ2n) is 6.99. The van der Waals surface area contributed by atoms with E-state index >= 15 is 0 Å². The van der Waals surface area contributed by atoms with Crippen LogP contribution in [-0.4, -0.2) is 39.2 Å². The van der Waals surface area contributed by atoms with E-state index in [1.54, 1.807) is 4.68 Å². The Kier molecular flexibility index (Phi) is 5.65. The fourth-order valence-corrected chi connectivity index (χ4v) is 3.47. The number of benzene rings is 2. The maximum Gasteiger partial charge on any atom is 0.251 e. The standard InChI is InChI=1S/C22H24N6O/c1-2-3-14-23-21(29)16-27-19(17-10-6-4-7-11-17)15-20(18-12-8-5-9-13-18)28-22(27)24-25-26-28/h4-13,15,20H,2-3,14,16H2,1H3,(H,23,29)/t20-/m0/s1. The molecule has 3 aromatic rings. The first-order valence-corrected chi connectivity index (χ1v) is 9.92. The molecule has 1 aliphatic heterocycles. The molecule has 0 bridgehead atoms. The van der Waals surface area contributed by atoms with Gasteiger partial charge in [0.2, 0.25) is 5.91 Å². The Morgan fingerprint density at radius 3 is 2.52 bits per heavy atom. The number of tetrazole rings is 1. The summed E-state index contributed by atoms with van der Waals surface area (Å²) >= 11 is 0. The molecule has 0 saturated carbocycles. The number of nitrogens with zero attached hydrogens (tertiary/aromatic N) is 5. The van der Waals surface area contributed by atoms with Crippen LogP contribution in [0.1, 0.15) is 36.9 Å². The molecule has 1 aromatic heterocycles. The molecule has 0 radical (unpaired) electrons. The van der Waals surface area contributed by atoms with Gasteiger partial charge in [-0.1, -0.05) is 79.1 Å². The van der Waals surface area contributed by atoms with Gasteiger partial charge in [0.05, 0.1) is 5.70 Å². The van der Waals surface area contributed by atoms with Gasteiger partial charge in [-0.2, -0.15) is 4.68 Å². The largest absolute Gasteiger partial charge is 0.355 e. The maximum atomic E-state index is 12.6. The van der Waals surface area contributed by atoms with Crippen LogP contribution in [0.3, 0.4) is 0 Å². The van der Waals surface area contributed by atoms with Crippen molar-refractivity contribution in [2.75, 3.05) is 18.0 Å². The van der Waals surface area contributed by atoms with E-state index in [1.165, 1.54) is 0 Å². The average Bonchev–Trinajstić information content (AvgIpc) is 3.25. The van der Waals surface area contributed by atoms with Crippen molar-refractivity contribution in [3.05, 3.63) is 77.9 Å². The molecule has 148 valence electrons. The number of nitrogens with one attached hydrogen (secondary N) is 1. The molecule has 1 amide bonds. The number of carbonyl (C=O) groups excluding carboxylic acids is 1. The lowest BCUT2D eigenvalue weighted by molar-refractivity contribution is -0.119. The van der Waals surface area contributed by atoms with Gasteiger partial charge in [0, 0.05) is 6.54 Å². The van der Waals surface area contributed by atoms with Crippen LogP contribution in [0.4, 0.5) is 5.95 Å². The smallest absolute Gasteiger partial charge is 0.251 e. The van der Waals surface area contributed by atoms with Crippen molar-refractivity contribution in [2.45, 2.75) is 25.8 Å². The number of allylic oxidation sites excluding steroid dienone is 1. The lowest BCUT2D eigenvalue weighted by atomic mass is 10.0. The van der Waals surface area contributed by atoms with Crippen LogP contribution in [0.5, 0.6) is 0 Å². The van der Waals surface area contributed by atoms with E-state index in [2.05, 4.69) is 46.0 Å². The van der Waals surface area contributed by atoms with Gasteiger partial charge in [0.1, 0.15) is 12.6 Å². The molecule has 2 heterocycles. The Bertz CT molecular complexity index is 983. The van der Waals surface area contributed by atoms with Gasteiger partial charge >= 0.3 is 0 Å². The minimum absolute atomic E-state index is 0.0482. The molecule has 0 fully saturated rings. The van der Waals surface area contributed by atoms with E-state index in [-0.39, 0.29) is 18.5 Å². The Labute approximate surface area is 170 Å². The zero-order valence-electron chi connectivity index (χ0n) is 16.4. The van der Waals surface area contributed by atoms with Gasteiger partial charge in [-0.3, -0.25) is 9.69 Å². The molecule has 1 atom stereocenters. The van der Waals surface area contributed by atoms with Crippen LogP contribution in [0.25, 0.3) is 5.70 Å². The summed E-state index contributed by atoms with van der Waals surface area (Å²) in [6, 6.07) is 20.0. The summed E-state index contributed by atoms with van der Waals surface area (Å²) in [5.41, 5.74) is 3.03. The van der Waals surface area contributed by atoms with E-state index in [0.29, 0.717) is 12.5 Å². The first kappa shape index (κ1) is 18.9. The van der Waals surface area contributed by atoms with Crippen molar-refractivity contribution in [1.82, 2.24) is 25.5 Å². The lowest BCUT2D eigenvalue weighted by Gasteiger charge is -2.32. The van der Waals surface area contributed by atoms with E-state index in [9.17, 15) is 4.79 Å². The summed E-state index contributed by atoms with van der Waals surface area (Å²) in [6.45, 7) is 2.93. The van der Waals surface area contributed by atoms with Crippen molar-refractivity contribution in [1.29, 1.82) is 0 Å². The Balaban J connectivity index is 1.72. The molecule has 7 nitrogen and oxygen atoms in total. The molecule has 7 heteroatoms. The van der Waals surface area contributed by atoms with E-state index in [0.717, 1.165) is 29.7 Å². The summed E-state index contributed by atoms with van der Waals surface area (Å²) in [5.74, 6) is 0.513. The van der Waals surface area contributed by atoms with Gasteiger partial charge in [0.25, 0.3) is 5.95 Å². The van der Waals surface area contributed by atoms with Gasteiger partial charge in [0.15, 0.2) is 0 Å². The normalized spacial score (nSPS) is 15.6. The fraction of sp³-hybridized carbons (Fsp3) is 0.273. The summed E-state index contributed by atoms with van der Waals surface area (Å²) in [4.78, 5) is 14.5. The number of unbranched alkanes of at least 4 members (excludes halogenated alkanes) is 1. The second-order valence-corrected chi connectivity index (χ2v) is 6.99. The van der Waals surface area contributed by atoms with E-state index in [4.69, 9.17) is 0 Å². The SMILES string of the molecule is CCCCNC(=O)CN1C(c2ccccc2)=C[C@@H](c2ccccc2)n2nnnc21. The average molecular weight is 388 g/mol. The van der Waals surface area contributed by atoms with E-state index in [1.807, 2.05) is 53.4 Å². The van der Waals surface area contributed by atoms with E-state index < -0.39 is 0 Å². The van der Waals surface area contributed by atoms with Crippen LogP contribution in [0, 0.1) is 0 Å². The van der Waals surface area contributed by atoms with Crippen LogP contribution >= 0.6 is 0 Å². The Morgan fingerprint density at radius 1 is 1.07 bits per heavy atom.